The van der Waals surface area contributed by atoms with Crippen LogP contribution in [0.2, 0.25) is 0 Å². The SMILES string of the molecule is [2H]C([2H])([2H])C(N)CC(=O)C1N(C2CC2)[C@H](C(N)=O)C[C@]12C(=O)Nc1ncccc12. The molecule has 2 unspecified atom stereocenters. The third-order valence-electron chi connectivity index (χ3n) is 5.59. The Bertz CT molecular complexity index is 888. The molecule has 138 valence electrons. The normalized spacial score (nSPS) is 33.9. The van der Waals surface area contributed by atoms with E-state index in [9.17, 15) is 14.4 Å². The smallest absolute Gasteiger partial charge is 0.238 e. The minimum atomic E-state index is -2.51. The molecule has 1 aliphatic carbocycles. The molecule has 4 rings (SSSR count). The minimum Gasteiger partial charge on any atom is -0.368 e. The second-order valence-corrected chi connectivity index (χ2v) is 7.31. The highest BCUT2D eigenvalue weighted by Gasteiger charge is 2.66. The molecule has 1 saturated heterocycles. The molecule has 3 heterocycles. The van der Waals surface area contributed by atoms with Crippen molar-refractivity contribution in [2.75, 3.05) is 5.32 Å². The van der Waals surface area contributed by atoms with Gasteiger partial charge in [-0.25, -0.2) is 4.98 Å². The van der Waals surface area contributed by atoms with E-state index < -0.39 is 54.4 Å². The summed E-state index contributed by atoms with van der Waals surface area (Å²) in [5.41, 5.74) is 10.6. The first-order valence-corrected chi connectivity index (χ1v) is 8.69. The maximum atomic E-state index is 13.4. The monoisotopic (exact) mass is 360 g/mol. The fourth-order valence-electron chi connectivity index (χ4n) is 4.49. The van der Waals surface area contributed by atoms with Crippen molar-refractivity contribution in [3.05, 3.63) is 23.9 Å². The van der Waals surface area contributed by atoms with E-state index in [0.29, 0.717) is 11.4 Å². The topological polar surface area (TPSA) is 131 Å². The molecule has 8 heteroatoms. The van der Waals surface area contributed by atoms with Crippen molar-refractivity contribution < 1.29 is 18.5 Å². The van der Waals surface area contributed by atoms with E-state index >= 15 is 0 Å². The van der Waals surface area contributed by atoms with Crippen LogP contribution >= 0.6 is 0 Å². The van der Waals surface area contributed by atoms with E-state index in [1.54, 1.807) is 17.0 Å². The van der Waals surface area contributed by atoms with Crippen LogP contribution in [-0.4, -0.2) is 51.6 Å². The number of nitrogens with zero attached hydrogens (tertiary/aromatic N) is 2. The van der Waals surface area contributed by atoms with Crippen molar-refractivity contribution in [3.8, 4) is 0 Å². The van der Waals surface area contributed by atoms with Crippen LogP contribution in [0.25, 0.3) is 0 Å². The molecule has 5 N–H and O–H groups in total. The number of Topliss-reactive ketones (excluding diaryl/α,β-unsaturated/α-hetero) is 1. The van der Waals surface area contributed by atoms with Gasteiger partial charge < -0.3 is 16.8 Å². The molecule has 1 aromatic heterocycles. The molecule has 2 aliphatic heterocycles. The first kappa shape index (κ1) is 13.8. The molecule has 8 nitrogen and oxygen atoms in total. The highest BCUT2D eigenvalue weighted by atomic mass is 16.2. The van der Waals surface area contributed by atoms with Gasteiger partial charge in [0.25, 0.3) is 0 Å². The van der Waals surface area contributed by atoms with Crippen molar-refractivity contribution in [3.63, 3.8) is 0 Å². The number of nitrogens with two attached hydrogens (primary N) is 2. The lowest BCUT2D eigenvalue weighted by Gasteiger charge is -2.33. The Morgan fingerprint density at radius 3 is 2.96 bits per heavy atom. The van der Waals surface area contributed by atoms with Gasteiger partial charge in [-0.3, -0.25) is 19.3 Å². The van der Waals surface area contributed by atoms with Gasteiger partial charge in [-0.1, -0.05) is 6.07 Å². The summed E-state index contributed by atoms with van der Waals surface area (Å²) >= 11 is 0. The zero-order valence-electron chi connectivity index (χ0n) is 17.1. The van der Waals surface area contributed by atoms with E-state index in [1.165, 1.54) is 6.20 Å². The van der Waals surface area contributed by atoms with Gasteiger partial charge in [-0.2, -0.15) is 0 Å². The van der Waals surface area contributed by atoms with Crippen molar-refractivity contribution in [2.24, 2.45) is 11.5 Å². The Labute approximate surface area is 155 Å². The Morgan fingerprint density at radius 1 is 1.54 bits per heavy atom. The van der Waals surface area contributed by atoms with Crippen LogP contribution in [-0.2, 0) is 19.8 Å². The largest absolute Gasteiger partial charge is 0.368 e. The molecule has 1 spiro atoms. The number of anilines is 1. The maximum Gasteiger partial charge on any atom is 0.238 e. The Morgan fingerprint density at radius 2 is 2.31 bits per heavy atom. The summed E-state index contributed by atoms with van der Waals surface area (Å²) in [6.45, 7) is -2.51. The molecular weight excluding hydrogens is 334 g/mol. The van der Waals surface area contributed by atoms with Gasteiger partial charge in [0.05, 0.1) is 12.1 Å². The molecule has 2 fully saturated rings. The van der Waals surface area contributed by atoms with E-state index in [0.717, 1.165) is 12.8 Å². The molecule has 26 heavy (non-hydrogen) atoms. The third kappa shape index (κ3) is 2.36. The lowest BCUT2D eigenvalue weighted by molar-refractivity contribution is -0.132. The fourth-order valence-corrected chi connectivity index (χ4v) is 4.49. The summed E-state index contributed by atoms with van der Waals surface area (Å²) in [6.07, 6.45) is 2.69. The highest BCUT2D eigenvalue weighted by molar-refractivity contribution is 6.11. The van der Waals surface area contributed by atoms with Crippen molar-refractivity contribution in [2.45, 2.75) is 62.1 Å². The van der Waals surface area contributed by atoms with Crippen molar-refractivity contribution in [1.29, 1.82) is 0 Å². The minimum absolute atomic E-state index is 0.0444. The molecular formula is C18H23N5O3. The lowest BCUT2D eigenvalue weighted by atomic mass is 9.72. The van der Waals surface area contributed by atoms with Gasteiger partial charge in [0.1, 0.15) is 11.2 Å². The number of fused-ring (bicyclic) bond motifs is 2. The Balaban J connectivity index is 1.82. The van der Waals surface area contributed by atoms with E-state index in [1.807, 2.05) is 0 Å². The van der Waals surface area contributed by atoms with E-state index in [2.05, 4.69) is 10.3 Å². The molecule has 3 aliphatic rings. The average molecular weight is 360 g/mol. The zero-order chi connectivity index (χ0) is 21.1. The summed E-state index contributed by atoms with van der Waals surface area (Å²) in [7, 11) is 0. The molecule has 0 radical (unpaired) electrons. The number of likely N-dealkylation sites (tertiary alicyclic amines) is 1. The number of carbonyl (C=O) groups excluding carboxylic acids is 3. The van der Waals surface area contributed by atoms with Crippen molar-refractivity contribution >= 4 is 23.4 Å². The summed E-state index contributed by atoms with van der Waals surface area (Å²) in [5.74, 6) is -1.18. The van der Waals surface area contributed by atoms with Crippen LogP contribution in [0, 0.1) is 0 Å². The third-order valence-corrected chi connectivity index (χ3v) is 5.59. The number of primary amides is 1. The average Bonchev–Trinajstić information content (AvgIpc) is 3.35. The van der Waals surface area contributed by atoms with Gasteiger partial charge in [0, 0.05) is 34.4 Å². The van der Waals surface area contributed by atoms with E-state index in [-0.39, 0.29) is 12.5 Å². The molecule has 1 saturated carbocycles. The van der Waals surface area contributed by atoms with Crippen LogP contribution < -0.4 is 16.8 Å². The van der Waals surface area contributed by atoms with Crippen LogP contribution in [0.5, 0.6) is 0 Å². The number of pyridine rings is 1. The standard InChI is InChI=1S/C18H23N5O3/c1-9(19)7-13(24)14-18(8-12(15(20)25)23(14)10-4-5-10)11-3-2-6-21-16(11)22-17(18)26/h2-3,6,9-10,12,14H,4-5,7-8,19H2,1H3,(H2,20,25)(H,21,22,26)/t9?,12-,14?,18+/m0/s1/i1D3. The highest BCUT2D eigenvalue weighted by Crippen LogP contribution is 2.53. The zero-order valence-corrected chi connectivity index (χ0v) is 14.1. The van der Waals surface area contributed by atoms with Gasteiger partial charge in [-0.05, 0) is 32.2 Å². The fraction of sp³-hybridized carbons (Fsp3) is 0.556. The molecule has 1 aromatic rings. The molecule has 2 amide bonds. The number of ketones is 1. The Hall–Kier alpha value is -2.32. The first-order chi connectivity index (χ1) is 13.6. The van der Waals surface area contributed by atoms with Crippen molar-refractivity contribution in [1.82, 2.24) is 9.88 Å². The van der Waals surface area contributed by atoms with E-state index in [4.69, 9.17) is 15.6 Å². The second-order valence-electron chi connectivity index (χ2n) is 7.31. The number of amides is 2. The van der Waals surface area contributed by atoms with Gasteiger partial charge in [0.15, 0.2) is 5.78 Å². The molecule has 0 bridgehead atoms. The maximum absolute atomic E-state index is 13.4. The molecule has 0 aromatic carbocycles. The number of carbonyl (C=O) groups is 3. The quantitative estimate of drug-likeness (QED) is 0.659. The number of hydrogen-bond donors (Lipinski definition) is 3. The summed E-state index contributed by atoms with van der Waals surface area (Å²) in [5, 5.41) is 2.71. The summed E-state index contributed by atoms with van der Waals surface area (Å²) in [4.78, 5) is 44.8. The Kier molecular flexibility index (Phi) is 3.11. The summed E-state index contributed by atoms with van der Waals surface area (Å²) in [6, 6.07) is 0.120. The predicted octanol–water partition coefficient (Wildman–Crippen LogP) is -0.331. The van der Waals surface area contributed by atoms with Gasteiger partial charge in [-0.15, -0.1) is 0 Å². The number of hydrogen-bond acceptors (Lipinski definition) is 6. The first-order valence-electron chi connectivity index (χ1n) is 10.2. The van der Waals surface area contributed by atoms with Crippen LogP contribution in [0.15, 0.2) is 18.3 Å². The lowest BCUT2D eigenvalue weighted by Crippen LogP contribution is -2.54. The van der Waals surface area contributed by atoms with Crippen LogP contribution in [0.4, 0.5) is 5.82 Å². The number of aromatic nitrogens is 1. The summed E-state index contributed by atoms with van der Waals surface area (Å²) < 4.78 is 22.5. The van der Waals surface area contributed by atoms with Gasteiger partial charge in [0.2, 0.25) is 11.8 Å². The number of rotatable bonds is 5. The van der Waals surface area contributed by atoms with Crippen LogP contribution in [0.1, 0.15) is 42.2 Å². The number of nitrogens with one attached hydrogen (secondary N) is 1. The molecule has 4 atom stereocenters. The predicted molar refractivity (Wildman–Crippen MR) is 94.1 cm³/mol. The van der Waals surface area contributed by atoms with Gasteiger partial charge >= 0.3 is 0 Å². The van der Waals surface area contributed by atoms with Crippen LogP contribution in [0.3, 0.4) is 0 Å². The second kappa shape index (κ2) is 5.85.